The van der Waals surface area contributed by atoms with E-state index in [1.165, 1.54) is 6.42 Å². The quantitative estimate of drug-likeness (QED) is 0.869. The zero-order valence-corrected chi connectivity index (χ0v) is 12.3. The standard InChI is InChI=1S/C14H21N3OS/c1-3-15-13-12(5-4-8-16-13)14(18)17-10-6-7-11(9-10)19-2/h4-5,8,10-11H,3,6-7,9H2,1-2H3,(H,15,16)(H,17,18). The van der Waals surface area contributed by atoms with Gasteiger partial charge in [-0.15, -0.1) is 0 Å². The number of hydrogen-bond donors (Lipinski definition) is 2. The molecule has 0 saturated heterocycles. The van der Waals surface area contributed by atoms with Gasteiger partial charge in [-0.25, -0.2) is 4.98 Å². The summed E-state index contributed by atoms with van der Waals surface area (Å²) in [5.41, 5.74) is 0.636. The van der Waals surface area contributed by atoms with Crippen LogP contribution in [0.1, 0.15) is 36.5 Å². The van der Waals surface area contributed by atoms with E-state index in [9.17, 15) is 4.79 Å². The van der Waals surface area contributed by atoms with Crippen molar-refractivity contribution in [3.63, 3.8) is 0 Å². The molecule has 0 aliphatic heterocycles. The van der Waals surface area contributed by atoms with Crippen molar-refractivity contribution < 1.29 is 4.79 Å². The Labute approximate surface area is 118 Å². The van der Waals surface area contributed by atoms with Crippen LogP contribution >= 0.6 is 11.8 Å². The van der Waals surface area contributed by atoms with E-state index in [-0.39, 0.29) is 5.91 Å². The summed E-state index contributed by atoms with van der Waals surface area (Å²) >= 11 is 1.89. The van der Waals surface area contributed by atoms with Gasteiger partial charge in [0.2, 0.25) is 0 Å². The average Bonchev–Trinajstić information content (AvgIpc) is 2.87. The first-order chi connectivity index (χ1) is 9.24. The van der Waals surface area contributed by atoms with Crippen LogP contribution in [0.5, 0.6) is 0 Å². The fraction of sp³-hybridized carbons (Fsp3) is 0.571. The Hall–Kier alpha value is -1.23. The molecular formula is C14H21N3OS. The van der Waals surface area contributed by atoms with Gasteiger partial charge in [-0.3, -0.25) is 4.79 Å². The molecule has 1 fully saturated rings. The number of rotatable bonds is 5. The lowest BCUT2D eigenvalue weighted by Crippen LogP contribution is -2.33. The number of nitrogens with one attached hydrogen (secondary N) is 2. The fourth-order valence-corrected chi connectivity index (χ4v) is 3.24. The van der Waals surface area contributed by atoms with Crippen molar-refractivity contribution in [2.45, 2.75) is 37.5 Å². The topological polar surface area (TPSA) is 54.0 Å². The third kappa shape index (κ3) is 3.62. The first-order valence-corrected chi connectivity index (χ1v) is 8.06. The molecule has 2 rings (SSSR count). The molecule has 1 saturated carbocycles. The van der Waals surface area contributed by atoms with E-state index in [1.807, 2.05) is 24.8 Å². The number of thioether (sulfide) groups is 1. The first-order valence-electron chi connectivity index (χ1n) is 6.77. The lowest BCUT2D eigenvalue weighted by atomic mass is 10.2. The molecule has 2 unspecified atom stereocenters. The Morgan fingerprint density at radius 3 is 3.05 bits per heavy atom. The van der Waals surface area contributed by atoms with Crippen molar-refractivity contribution in [3.05, 3.63) is 23.9 Å². The minimum absolute atomic E-state index is 0.0178. The summed E-state index contributed by atoms with van der Waals surface area (Å²) in [7, 11) is 0. The fourth-order valence-electron chi connectivity index (χ4n) is 2.45. The predicted octanol–water partition coefficient (Wildman–Crippen LogP) is 2.53. The minimum atomic E-state index is -0.0178. The monoisotopic (exact) mass is 279 g/mol. The highest BCUT2D eigenvalue weighted by atomic mass is 32.2. The van der Waals surface area contributed by atoms with Gasteiger partial charge in [-0.2, -0.15) is 11.8 Å². The molecule has 4 nitrogen and oxygen atoms in total. The molecule has 0 spiro atoms. The molecule has 104 valence electrons. The van der Waals surface area contributed by atoms with Crippen LogP contribution in [0.25, 0.3) is 0 Å². The number of carbonyl (C=O) groups excluding carboxylic acids is 1. The molecule has 1 aliphatic rings. The Morgan fingerprint density at radius 2 is 2.37 bits per heavy atom. The second-order valence-electron chi connectivity index (χ2n) is 4.77. The number of nitrogens with zero attached hydrogens (tertiary/aromatic N) is 1. The van der Waals surface area contributed by atoms with Crippen molar-refractivity contribution in [2.75, 3.05) is 18.1 Å². The molecule has 1 heterocycles. The number of carbonyl (C=O) groups is 1. The molecular weight excluding hydrogens is 258 g/mol. The van der Waals surface area contributed by atoms with Crippen LogP contribution in [0.2, 0.25) is 0 Å². The van der Waals surface area contributed by atoms with Gasteiger partial charge in [0.25, 0.3) is 5.91 Å². The van der Waals surface area contributed by atoms with Crippen LogP contribution in [-0.4, -0.2) is 35.0 Å². The summed E-state index contributed by atoms with van der Waals surface area (Å²) < 4.78 is 0. The van der Waals surface area contributed by atoms with E-state index in [0.717, 1.165) is 19.4 Å². The number of pyridine rings is 1. The van der Waals surface area contributed by atoms with Gasteiger partial charge >= 0.3 is 0 Å². The molecule has 0 aromatic carbocycles. The van der Waals surface area contributed by atoms with Crippen LogP contribution in [0.3, 0.4) is 0 Å². The normalized spacial score (nSPS) is 22.2. The van der Waals surface area contributed by atoms with Crippen LogP contribution < -0.4 is 10.6 Å². The summed E-state index contributed by atoms with van der Waals surface area (Å²) in [6, 6.07) is 3.93. The predicted molar refractivity (Wildman–Crippen MR) is 80.8 cm³/mol. The van der Waals surface area contributed by atoms with Gasteiger partial charge in [0.15, 0.2) is 0 Å². The van der Waals surface area contributed by atoms with Crippen molar-refractivity contribution >= 4 is 23.5 Å². The first kappa shape index (κ1) is 14.2. The summed E-state index contributed by atoms with van der Waals surface area (Å²) in [4.78, 5) is 16.5. The molecule has 1 amide bonds. The van der Waals surface area contributed by atoms with Crippen molar-refractivity contribution in [1.29, 1.82) is 0 Å². The highest BCUT2D eigenvalue weighted by Crippen LogP contribution is 2.28. The second-order valence-corrected chi connectivity index (χ2v) is 5.91. The average molecular weight is 279 g/mol. The SMILES string of the molecule is CCNc1ncccc1C(=O)NC1CCC(SC)C1. The summed E-state index contributed by atoms with van der Waals surface area (Å²) in [5, 5.41) is 6.94. The Balaban J connectivity index is 2.00. The molecule has 1 aromatic heterocycles. The van der Waals surface area contributed by atoms with Crippen LogP contribution in [0.15, 0.2) is 18.3 Å². The molecule has 5 heteroatoms. The highest BCUT2D eigenvalue weighted by molar-refractivity contribution is 7.99. The van der Waals surface area contributed by atoms with Gasteiger partial charge in [-0.05, 0) is 44.6 Å². The van der Waals surface area contributed by atoms with E-state index in [4.69, 9.17) is 0 Å². The maximum atomic E-state index is 12.3. The molecule has 19 heavy (non-hydrogen) atoms. The maximum absolute atomic E-state index is 12.3. The van der Waals surface area contributed by atoms with E-state index in [0.29, 0.717) is 22.7 Å². The van der Waals surface area contributed by atoms with Crippen molar-refractivity contribution in [1.82, 2.24) is 10.3 Å². The summed E-state index contributed by atoms with van der Waals surface area (Å²) in [6.07, 6.45) is 7.18. The lowest BCUT2D eigenvalue weighted by Gasteiger charge is -2.14. The van der Waals surface area contributed by atoms with E-state index in [2.05, 4.69) is 21.9 Å². The molecule has 2 atom stereocenters. The highest BCUT2D eigenvalue weighted by Gasteiger charge is 2.26. The number of amides is 1. The van der Waals surface area contributed by atoms with Gasteiger partial charge < -0.3 is 10.6 Å². The van der Waals surface area contributed by atoms with Crippen molar-refractivity contribution in [2.24, 2.45) is 0 Å². The van der Waals surface area contributed by atoms with Crippen LogP contribution in [0, 0.1) is 0 Å². The van der Waals surface area contributed by atoms with Gasteiger partial charge in [0.1, 0.15) is 5.82 Å². The second kappa shape index (κ2) is 6.80. The van der Waals surface area contributed by atoms with Crippen molar-refractivity contribution in [3.8, 4) is 0 Å². The smallest absolute Gasteiger partial charge is 0.255 e. The van der Waals surface area contributed by atoms with E-state index in [1.54, 1.807) is 12.3 Å². The summed E-state index contributed by atoms with van der Waals surface area (Å²) in [5.74, 6) is 0.651. The molecule has 0 bridgehead atoms. The van der Waals surface area contributed by atoms with Crippen LogP contribution in [0.4, 0.5) is 5.82 Å². The van der Waals surface area contributed by atoms with Gasteiger partial charge in [-0.1, -0.05) is 0 Å². The zero-order valence-electron chi connectivity index (χ0n) is 11.5. The number of hydrogen-bond acceptors (Lipinski definition) is 4. The van der Waals surface area contributed by atoms with Gasteiger partial charge in [0.05, 0.1) is 5.56 Å². The largest absolute Gasteiger partial charge is 0.370 e. The Morgan fingerprint density at radius 1 is 1.53 bits per heavy atom. The van der Waals surface area contributed by atoms with Crippen LogP contribution in [-0.2, 0) is 0 Å². The zero-order chi connectivity index (χ0) is 13.7. The Bertz CT molecular complexity index is 438. The lowest BCUT2D eigenvalue weighted by molar-refractivity contribution is 0.0938. The molecule has 1 aliphatic carbocycles. The number of aromatic nitrogens is 1. The molecule has 1 aromatic rings. The molecule has 0 radical (unpaired) electrons. The minimum Gasteiger partial charge on any atom is -0.370 e. The Kier molecular flexibility index (Phi) is 5.07. The third-order valence-corrected chi connectivity index (χ3v) is 4.54. The summed E-state index contributed by atoms with van der Waals surface area (Å²) in [6.45, 7) is 2.76. The maximum Gasteiger partial charge on any atom is 0.255 e. The third-order valence-electron chi connectivity index (χ3n) is 3.45. The van der Waals surface area contributed by atoms with E-state index < -0.39 is 0 Å². The van der Waals surface area contributed by atoms with E-state index >= 15 is 0 Å². The number of anilines is 1. The van der Waals surface area contributed by atoms with Gasteiger partial charge in [0, 0.05) is 24.0 Å². The molecule has 2 N–H and O–H groups in total.